The van der Waals surface area contributed by atoms with Gasteiger partial charge in [0.05, 0.1) is 0 Å². The summed E-state index contributed by atoms with van der Waals surface area (Å²) in [6.45, 7) is 3.61. The average Bonchev–Trinajstić information content (AvgIpc) is 2.37. The fourth-order valence-corrected chi connectivity index (χ4v) is 1.99. The number of hydrogen-bond donors (Lipinski definition) is 1. The molecule has 0 fully saturated rings. The third kappa shape index (κ3) is 5.00. The van der Waals surface area contributed by atoms with E-state index in [0.29, 0.717) is 12.2 Å². The van der Waals surface area contributed by atoms with Crippen LogP contribution in [0.1, 0.15) is 25.8 Å². The van der Waals surface area contributed by atoms with E-state index in [1.165, 1.54) is 18.2 Å². The third-order valence-corrected chi connectivity index (χ3v) is 2.92. The minimum absolute atomic E-state index is 0.170. The van der Waals surface area contributed by atoms with E-state index >= 15 is 0 Å². The van der Waals surface area contributed by atoms with Crippen molar-refractivity contribution in [2.24, 2.45) is 0 Å². The van der Waals surface area contributed by atoms with E-state index in [1.54, 1.807) is 6.92 Å². The highest BCUT2D eigenvalue weighted by Crippen LogP contribution is 2.27. The Kier molecular flexibility index (Phi) is 6.26. The zero-order chi connectivity index (χ0) is 15.2. The molecule has 0 saturated carbocycles. The molecule has 1 rings (SSSR count). The van der Waals surface area contributed by atoms with Crippen molar-refractivity contribution in [3.05, 3.63) is 29.6 Å². The van der Waals surface area contributed by atoms with Gasteiger partial charge in [0.2, 0.25) is 0 Å². The molecule has 0 unspecified atom stereocenters. The van der Waals surface area contributed by atoms with E-state index in [-0.39, 0.29) is 18.7 Å². The molecule has 0 amide bonds. The Balaban J connectivity index is 2.98. The first-order valence-electron chi connectivity index (χ1n) is 6.68. The standard InChI is InChI=1S/C14H20F4N2/c1-3-8-19-9-11-12(15)6-5-7-13(11)20(4-2)10-14(16,17)18/h5-7,19H,3-4,8-10H2,1-2H3. The molecule has 0 atom stereocenters. The number of benzene rings is 1. The molecule has 2 nitrogen and oxygen atoms in total. The molecule has 1 N–H and O–H groups in total. The number of nitrogens with zero attached hydrogens (tertiary/aromatic N) is 1. The summed E-state index contributed by atoms with van der Waals surface area (Å²) in [5.41, 5.74) is 0.584. The molecule has 6 heteroatoms. The van der Waals surface area contributed by atoms with Gasteiger partial charge in [-0.25, -0.2) is 4.39 Å². The van der Waals surface area contributed by atoms with E-state index in [0.717, 1.165) is 11.3 Å². The summed E-state index contributed by atoms with van der Waals surface area (Å²) in [6.07, 6.45) is -3.43. The summed E-state index contributed by atoms with van der Waals surface area (Å²) >= 11 is 0. The maximum Gasteiger partial charge on any atom is 0.405 e. The van der Waals surface area contributed by atoms with Gasteiger partial charge >= 0.3 is 6.18 Å². The van der Waals surface area contributed by atoms with Gasteiger partial charge in [-0.2, -0.15) is 13.2 Å². The minimum Gasteiger partial charge on any atom is -0.363 e. The average molecular weight is 292 g/mol. The first-order valence-corrected chi connectivity index (χ1v) is 6.68. The van der Waals surface area contributed by atoms with Gasteiger partial charge in [0.15, 0.2) is 0 Å². The fraction of sp³-hybridized carbons (Fsp3) is 0.571. The van der Waals surface area contributed by atoms with Crippen LogP contribution in [0.25, 0.3) is 0 Å². The smallest absolute Gasteiger partial charge is 0.363 e. The lowest BCUT2D eigenvalue weighted by Crippen LogP contribution is -2.35. The van der Waals surface area contributed by atoms with E-state index in [1.807, 2.05) is 6.92 Å². The summed E-state index contributed by atoms with van der Waals surface area (Å²) < 4.78 is 51.6. The van der Waals surface area contributed by atoms with Gasteiger partial charge in [-0.3, -0.25) is 0 Å². The second-order valence-electron chi connectivity index (χ2n) is 4.54. The minimum atomic E-state index is -4.31. The largest absolute Gasteiger partial charge is 0.405 e. The molecule has 0 heterocycles. The van der Waals surface area contributed by atoms with Gasteiger partial charge in [0.1, 0.15) is 12.4 Å². The molecule has 20 heavy (non-hydrogen) atoms. The highest BCUT2D eigenvalue weighted by atomic mass is 19.4. The molecule has 0 aliphatic heterocycles. The van der Waals surface area contributed by atoms with Crippen LogP contribution in [0, 0.1) is 5.82 Å². The molecule has 114 valence electrons. The van der Waals surface area contributed by atoms with Crippen LogP contribution in [-0.2, 0) is 6.54 Å². The number of anilines is 1. The van der Waals surface area contributed by atoms with Crippen molar-refractivity contribution in [1.29, 1.82) is 0 Å². The zero-order valence-corrected chi connectivity index (χ0v) is 11.7. The summed E-state index contributed by atoms with van der Waals surface area (Å²) in [6, 6.07) is 4.24. The highest BCUT2D eigenvalue weighted by Gasteiger charge is 2.31. The van der Waals surface area contributed by atoms with Crippen LogP contribution in [-0.4, -0.2) is 25.8 Å². The molecule has 0 spiro atoms. The molecule has 0 aliphatic rings. The SMILES string of the molecule is CCCNCc1c(F)cccc1N(CC)CC(F)(F)F. The van der Waals surface area contributed by atoms with Crippen molar-refractivity contribution < 1.29 is 17.6 Å². The van der Waals surface area contributed by atoms with Crippen molar-refractivity contribution in [2.75, 3.05) is 24.5 Å². The van der Waals surface area contributed by atoms with Crippen molar-refractivity contribution >= 4 is 5.69 Å². The summed E-state index contributed by atoms with van der Waals surface area (Å²) in [4.78, 5) is 1.14. The molecule has 0 saturated heterocycles. The van der Waals surface area contributed by atoms with Crippen LogP contribution in [0.2, 0.25) is 0 Å². The molecule has 0 radical (unpaired) electrons. The van der Waals surface area contributed by atoms with E-state index in [4.69, 9.17) is 0 Å². The van der Waals surface area contributed by atoms with Gasteiger partial charge in [0.25, 0.3) is 0 Å². The van der Waals surface area contributed by atoms with Crippen LogP contribution in [0.4, 0.5) is 23.2 Å². The third-order valence-electron chi connectivity index (χ3n) is 2.92. The molecular weight excluding hydrogens is 272 g/mol. The first kappa shape index (κ1) is 16.8. The maximum atomic E-state index is 13.9. The Hall–Kier alpha value is -1.30. The van der Waals surface area contributed by atoms with Gasteiger partial charge in [-0.15, -0.1) is 0 Å². The summed E-state index contributed by atoms with van der Waals surface area (Å²) in [5, 5.41) is 3.03. The lowest BCUT2D eigenvalue weighted by Gasteiger charge is -2.27. The van der Waals surface area contributed by atoms with Crippen LogP contribution < -0.4 is 10.2 Å². The predicted octanol–water partition coefficient (Wildman–Crippen LogP) is 3.71. The van der Waals surface area contributed by atoms with Crippen LogP contribution in [0.3, 0.4) is 0 Å². The molecule has 1 aromatic carbocycles. The monoisotopic (exact) mass is 292 g/mol. The topological polar surface area (TPSA) is 15.3 Å². The predicted molar refractivity (Wildman–Crippen MR) is 72.3 cm³/mol. The Morgan fingerprint density at radius 3 is 2.45 bits per heavy atom. The van der Waals surface area contributed by atoms with Crippen molar-refractivity contribution in [3.63, 3.8) is 0 Å². The number of hydrogen-bond acceptors (Lipinski definition) is 2. The van der Waals surface area contributed by atoms with Crippen molar-refractivity contribution in [3.8, 4) is 0 Å². The molecule has 1 aromatic rings. The van der Waals surface area contributed by atoms with E-state index < -0.39 is 18.5 Å². The molecular formula is C14H20F4N2. The van der Waals surface area contributed by atoms with Crippen LogP contribution in [0.15, 0.2) is 18.2 Å². The van der Waals surface area contributed by atoms with E-state index in [9.17, 15) is 17.6 Å². The Morgan fingerprint density at radius 1 is 1.20 bits per heavy atom. The lowest BCUT2D eigenvalue weighted by atomic mass is 10.1. The Morgan fingerprint density at radius 2 is 1.90 bits per heavy atom. The lowest BCUT2D eigenvalue weighted by molar-refractivity contribution is -0.119. The van der Waals surface area contributed by atoms with E-state index in [2.05, 4.69) is 5.32 Å². The van der Waals surface area contributed by atoms with Gasteiger partial charge in [-0.1, -0.05) is 13.0 Å². The number of alkyl halides is 3. The van der Waals surface area contributed by atoms with Gasteiger partial charge < -0.3 is 10.2 Å². The summed E-state index contributed by atoms with van der Waals surface area (Å²) in [5.74, 6) is -0.480. The fourth-order valence-electron chi connectivity index (χ4n) is 1.99. The number of halogens is 4. The second kappa shape index (κ2) is 7.47. The molecule has 0 aliphatic carbocycles. The quantitative estimate of drug-likeness (QED) is 0.609. The highest BCUT2D eigenvalue weighted by molar-refractivity contribution is 5.54. The van der Waals surface area contributed by atoms with Crippen LogP contribution >= 0.6 is 0 Å². The normalized spacial score (nSPS) is 11.7. The molecule has 0 bridgehead atoms. The van der Waals surface area contributed by atoms with Crippen molar-refractivity contribution in [1.82, 2.24) is 5.32 Å². The zero-order valence-electron chi connectivity index (χ0n) is 11.7. The van der Waals surface area contributed by atoms with Crippen LogP contribution in [0.5, 0.6) is 0 Å². The maximum absolute atomic E-state index is 13.9. The first-order chi connectivity index (χ1) is 9.39. The van der Waals surface area contributed by atoms with Gasteiger partial charge in [0, 0.05) is 24.3 Å². The van der Waals surface area contributed by atoms with Gasteiger partial charge in [-0.05, 0) is 32.0 Å². The van der Waals surface area contributed by atoms with Crippen molar-refractivity contribution in [2.45, 2.75) is 33.0 Å². The molecule has 0 aromatic heterocycles. The Bertz CT molecular complexity index is 418. The number of rotatable bonds is 7. The second-order valence-corrected chi connectivity index (χ2v) is 4.54. The number of nitrogens with one attached hydrogen (secondary N) is 1. The Labute approximate surface area is 116 Å². The summed E-state index contributed by atoms with van der Waals surface area (Å²) in [7, 11) is 0.